The van der Waals surface area contributed by atoms with Crippen molar-refractivity contribution in [2.75, 3.05) is 6.61 Å². The van der Waals surface area contributed by atoms with Crippen molar-refractivity contribution in [3.8, 4) is 0 Å². The second kappa shape index (κ2) is 8.44. The number of benzene rings is 1. The Labute approximate surface area is 136 Å². The number of carbonyl (C=O) groups is 1. The van der Waals surface area contributed by atoms with Gasteiger partial charge in [0.1, 0.15) is 0 Å². The quantitative estimate of drug-likeness (QED) is 0.782. The topological polar surface area (TPSA) is 55.4 Å². The molecule has 5 heteroatoms. The SMILES string of the molecule is CCOC(=O)[C@@H](CC)[C@@H](N[S@](=O)C(C)(C)C)c1ccccc1. The molecule has 0 fully saturated rings. The zero-order valence-corrected chi connectivity index (χ0v) is 14.9. The first kappa shape index (κ1) is 18.8. The van der Waals surface area contributed by atoms with E-state index in [9.17, 15) is 9.00 Å². The second-order valence-corrected chi connectivity index (χ2v) is 8.15. The van der Waals surface area contributed by atoms with Crippen molar-refractivity contribution in [3.63, 3.8) is 0 Å². The lowest BCUT2D eigenvalue weighted by Crippen LogP contribution is -2.40. The minimum atomic E-state index is -1.27. The Morgan fingerprint density at radius 3 is 2.27 bits per heavy atom. The van der Waals surface area contributed by atoms with E-state index in [0.717, 1.165) is 5.56 Å². The van der Waals surface area contributed by atoms with E-state index in [0.29, 0.717) is 13.0 Å². The molecule has 0 aliphatic carbocycles. The number of hydrogen-bond acceptors (Lipinski definition) is 3. The predicted octanol–water partition coefficient (Wildman–Crippen LogP) is 3.37. The third-order valence-corrected chi connectivity index (χ3v) is 4.96. The van der Waals surface area contributed by atoms with Gasteiger partial charge in [-0.1, -0.05) is 37.3 Å². The Balaban J connectivity index is 3.10. The van der Waals surface area contributed by atoms with E-state index >= 15 is 0 Å². The molecule has 0 aromatic heterocycles. The molecular formula is C17H27NO3S. The van der Waals surface area contributed by atoms with Crippen LogP contribution >= 0.6 is 0 Å². The maximum Gasteiger partial charge on any atom is 0.310 e. The van der Waals surface area contributed by atoms with Gasteiger partial charge in [0, 0.05) is 0 Å². The fourth-order valence-electron chi connectivity index (χ4n) is 2.12. The molecule has 1 N–H and O–H groups in total. The van der Waals surface area contributed by atoms with E-state index < -0.39 is 15.7 Å². The molecule has 1 rings (SSSR count). The lowest BCUT2D eigenvalue weighted by Gasteiger charge is -2.29. The summed E-state index contributed by atoms with van der Waals surface area (Å²) in [5, 5.41) is 0. The standard InChI is InChI=1S/C17H27NO3S/c1-6-14(16(19)21-7-2)15(13-11-9-8-10-12-13)18-22(20)17(3,4)5/h8-12,14-15,18H,6-7H2,1-5H3/t14-,15-,22+/m0/s1. The van der Waals surface area contributed by atoms with Crippen molar-refractivity contribution < 1.29 is 13.7 Å². The third kappa shape index (κ3) is 5.21. The molecule has 0 spiro atoms. The second-order valence-electron chi connectivity index (χ2n) is 6.15. The molecule has 3 atom stereocenters. The Morgan fingerprint density at radius 1 is 1.23 bits per heavy atom. The minimum absolute atomic E-state index is 0.253. The normalized spacial score (nSPS) is 15.9. The van der Waals surface area contributed by atoms with Gasteiger partial charge >= 0.3 is 5.97 Å². The van der Waals surface area contributed by atoms with Gasteiger partial charge in [0.05, 0.1) is 34.3 Å². The average molecular weight is 325 g/mol. The number of nitrogens with one attached hydrogen (secondary N) is 1. The third-order valence-electron chi connectivity index (χ3n) is 3.38. The highest BCUT2D eigenvalue weighted by atomic mass is 32.2. The Kier molecular flexibility index (Phi) is 7.23. The highest BCUT2D eigenvalue weighted by Crippen LogP contribution is 2.28. The molecule has 0 bridgehead atoms. The molecule has 0 saturated carbocycles. The smallest absolute Gasteiger partial charge is 0.310 e. The predicted molar refractivity (Wildman–Crippen MR) is 90.6 cm³/mol. The van der Waals surface area contributed by atoms with Gasteiger partial charge in [-0.3, -0.25) is 4.79 Å². The molecule has 1 aromatic rings. The van der Waals surface area contributed by atoms with Gasteiger partial charge in [-0.2, -0.15) is 0 Å². The van der Waals surface area contributed by atoms with E-state index in [1.165, 1.54) is 0 Å². The first-order valence-corrected chi connectivity index (χ1v) is 8.85. The minimum Gasteiger partial charge on any atom is -0.466 e. The van der Waals surface area contributed by atoms with Gasteiger partial charge in [-0.25, -0.2) is 8.93 Å². The molecule has 0 heterocycles. The summed E-state index contributed by atoms with van der Waals surface area (Å²) < 4.78 is 20.4. The molecular weight excluding hydrogens is 298 g/mol. The number of hydrogen-bond donors (Lipinski definition) is 1. The van der Waals surface area contributed by atoms with Crippen molar-refractivity contribution >= 4 is 17.0 Å². The summed E-state index contributed by atoms with van der Waals surface area (Å²) >= 11 is 0. The highest BCUT2D eigenvalue weighted by Gasteiger charge is 2.32. The van der Waals surface area contributed by atoms with Crippen LogP contribution in [0.5, 0.6) is 0 Å². The summed E-state index contributed by atoms with van der Waals surface area (Å²) in [6.45, 7) is 9.80. The van der Waals surface area contributed by atoms with Gasteiger partial charge in [0.2, 0.25) is 0 Å². The van der Waals surface area contributed by atoms with Crippen LogP contribution in [0.15, 0.2) is 30.3 Å². The number of rotatable bonds is 7. The Hall–Kier alpha value is -1.20. The Morgan fingerprint density at radius 2 is 1.82 bits per heavy atom. The summed E-state index contributed by atoms with van der Waals surface area (Å²) in [6.07, 6.45) is 0.618. The van der Waals surface area contributed by atoms with E-state index in [2.05, 4.69) is 4.72 Å². The van der Waals surface area contributed by atoms with Crippen LogP contribution in [0.2, 0.25) is 0 Å². The van der Waals surface area contributed by atoms with Crippen LogP contribution in [0.25, 0.3) is 0 Å². The first-order valence-electron chi connectivity index (χ1n) is 7.70. The van der Waals surface area contributed by atoms with Crippen LogP contribution in [0.1, 0.15) is 52.6 Å². The maximum absolute atomic E-state index is 12.5. The van der Waals surface area contributed by atoms with Crippen LogP contribution in [0, 0.1) is 5.92 Å². The van der Waals surface area contributed by atoms with E-state index in [1.807, 2.05) is 58.0 Å². The van der Waals surface area contributed by atoms with Crippen molar-refractivity contribution in [2.45, 2.75) is 51.8 Å². The zero-order chi connectivity index (χ0) is 16.8. The molecule has 4 nitrogen and oxygen atoms in total. The summed E-state index contributed by atoms with van der Waals surface area (Å²) in [5.74, 6) is -0.620. The van der Waals surface area contributed by atoms with E-state index in [-0.39, 0.29) is 17.9 Å². The van der Waals surface area contributed by atoms with E-state index in [4.69, 9.17) is 4.74 Å². The summed E-state index contributed by atoms with van der Waals surface area (Å²) in [5.41, 5.74) is 0.944. The van der Waals surface area contributed by atoms with Gasteiger partial charge in [0.25, 0.3) is 0 Å². The van der Waals surface area contributed by atoms with Crippen molar-refractivity contribution in [1.82, 2.24) is 4.72 Å². The molecule has 0 unspecified atom stereocenters. The monoisotopic (exact) mass is 325 g/mol. The van der Waals surface area contributed by atoms with Gasteiger partial charge in [-0.15, -0.1) is 0 Å². The fraction of sp³-hybridized carbons (Fsp3) is 0.588. The average Bonchev–Trinajstić information content (AvgIpc) is 2.47. The van der Waals surface area contributed by atoms with Crippen LogP contribution < -0.4 is 4.72 Å². The van der Waals surface area contributed by atoms with Crippen molar-refractivity contribution in [3.05, 3.63) is 35.9 Å². The Bertz CT molecular complexity index is 496. The molecule has 22 heavy (non-hydrogen) atoms. The molecule has 0 aliphatic heterocycles. The molecule has 124 valence electrons. The van der Waals surface area contributed by atoms with Gasteiger partial charge in [-0.05, 0) is 39.7 Å². The number of esters is 1. The van der Waals surface area contributed by atoms with Crippen LogP contribution in [0.4, 0.5) is 0 Å². The fourth-order valence-corrected chi connectivity index (χ4v) is 3.01. The highest BCUT2D eigenvalue weighted by molar-refractivity contribution is 7.84. The molecule has 0 radical (unpaired) electrons. The summed E-state index contributed by atoms with van der Waals surface area (Å²) in [4.78, 5) is 12.3. The van der Waals surface area contributed by atoms with Gasteiger partial charge in [0.15, 0.2) is 0 Å². The summed E-state index contributed by atoms with van der Waals surface area (Å²) in [6, 6.07) is 9.32. The van der Waals surface area contributed by atoms with E-state index in [1.54, 1.807) is 6.92 Å². The number of ether oxygens (including phenoxy) is 1. The molecule has 0 aliphatic rings. The molecule has 1 aromatic carbocycles. The zero-order valence-electron chi connectivity index (χ0n) is 14.1. The lowest BCUT2D eigenvalue weighted by molar-refractivity contribution is -0.149. The van der Waals surface area contributed by atoms with Crippen LogP contribution in [-0.4, -0.2) is 21.5 Å². The number of carbonyl (C=O) groups excluding carboxylic acids is 1. The largest absolute Gasteiger partial charge is 0.466 e. The molecule has 0 amide bonds. The van der Waals surface area contributed by atoms with Crippen molar-refractivity contribution in [2.24, 2.45) is 5.92 Å². The first-order chi connectivity index (χ1) is 10.3. The van der Waals surface area contributed by atoms with Crippen LogP contribution in [-0.2, 0) is 20.5 Å². The van der Waals surface area contributed by atoms with Crippen molar-refractivity contribution in [1.29, 1.82) is 0 Å². The van der Waals surface area contributed by atoms with Gasteiger partial charge < -0.3 is 4.74 Å². The maximum atomic E-state index is 12.5. The van der Waals surface area contributed by atoms with Crippen LogP contribution in [0.3, 0.4) is 0 Å². The lowest BCUT2D eigenvalue weighted by atomic mass is 9.92. The molecule has 0 saturated heterocycles. The summed E-state index contributed by atoms with van der Waals surface area (Å²) in [7, 11) is -1.27.